The molecule has 0 heterocycles. The number of rotatable bonds is 4. The number of nitrogens with one attached hydrogen (secondary N) is 1. The molecule has 0 aliphatic carbocycles. The van der Waals surface area contributed by atoms with Gasteiger partial charge in [0.1, 0.15) is 0 Å². The number of nitriles is 1. The number of nitrogen functional groups attached to an aromatic ring is 1. The first-order valence-electron chi connectivity index (χ1n) is 4.87. The third-order valence-corrected chi connectivity index (χ3v) is 4.19. The van der Waals surface area contributed by atoms with E-state index in [2.05, 4.69) is 4.72 Å². The van der Waals surface area contributed by atoms with E-state index in [1.165, 1.54) is 18.2 Å². The van der Waals surface area contributed by atoms with Gasteiger partial charge >= 0.3 is 0 Å². The SMILES string of the molecule is CCC(C#N)S(=O)(=O)Nc1ccc(N)c(Cl)c1. The van der Waals surface area contributed by atoms with Crippen molar-refractivity contribution in [2.24, 2.45) is 0 Å². The molecule has 0 spiro atoms. The molecule has 3 N–H and O–H groups in total. The molecule has 0 aliphatic heterocycles. The molecule has 17 heavy (non-hydrogen) atoms. The van der Waals surface area contributed by atoms with E-state index in [1.54, 1.807) is 13.0 Å². The smallest absolute Gasteiger partial charge is 0.249 e. The zero-order valence-corrected chi connectivity index (χ0v) is 10.7. The van der Waals surface area contributed by atoms with Gasteiger partial charge in [0, 0.05) is 0 Å². The van der Waals surface area contributed by atoms with Crippen LogP contribution in [0.15, 0.2) is 18.2 Å². The molecule has 5 nitrogen and oxygen atoms in total. The van der Waals surface area contributed by atoms with Crippen molar-refractivity contribution in [2.45, 2.75) is 18.6 Å². The lowest BCUT2D eigenvalue weighted by molar-refractivity contribution is 0.593. The summed E-state index contributed by atoms with van der Waals surface area (Å²) in [7, 11) is -3.72. The van der Waals surface area contributed by atoms with Crippen LogP contribution in [-0.4, -0.2) is 13.7 Å². The van der Waals surface area contributed by atoms with Gasteiger partial charge in [-0.2, -0.15) is 5.26 Å². The molecular weight excluding hydrogens is 262 g/mol. The van der Waals surface area contributed by atoms with Crippen molar-refractivity contribution in [1.29, 1.82) is 5.26 Å². The molecule has 1 aromatic rings. The molecule has 1 aromatic carbocycles. The third kappa shape index (κ3) is 3.25. The van der Waals surface area contributed by atoms with E-state index in [4.69, 9.17) is 22.6 Å². The number of nitrogens with two attached hydrogens (primary N) is 1. The summed E-state index contributed by atoms with van der Waals surface area (Å²) in [6.45, 7) is 1.63. The Bertz CT molecular complexity index is 551. The summed E-state index contributed by atoms with van der Waals surface area (Å²) in [5.41, 5.74) is 6.16. The number of halogens is 1. The molecule has 0 fully saturated rings. The van der Waals surface area contributed by atoms with Crippen molar-refractivity contribution < 1.29 is 8.42 Å². The number of sulfonamides is 1. The highest BCUT2D eigenvalue weighted by atomic mass is 35.5. The summed E-state index contributed by atoms with van der Waals surface area (Å²) in [6, 6.07) is 6.11. The predicted octanol–water partition coefficient (Wildman–Crippen LogP) is 1.97. The van der Waals surface area contributed by atoms with Gasteiger partial charge in [0.25, 0.3) is 0 Å². The molecule has 0 aromatic heterocycles. The molecular formula is C10H12ClN3O2S. The van der Waals surface area contributed by atoms with Gasteiger partial charge < -0.3 is 5.73 Å². The van der Waals surface area contributed by atoms with Gasteiger partial charge in [-0.15, -0.1) is 0 Å². The second kappa shape index (κ2) is 5.25. The summed E-state index contributed by atoms with van der Waals surface area (Å²) < 4.78 is 25.8. The number of hydrogen-bond donors (Lipinski definition) is 2. The Labute approximate surface area is 105 Å². The molecule has 0 saturated heterocycles. The van der Waals surface area contributed by atoms with Crippen LogP contribution in [-0.2, 0) is 10.0 Å². The minimum absolute atomic E-state index is 0.217. The van der Waals surface area contributed by atoms with Crippen molar-refractivity contribution >= 4 is 33.0 Å². The molecule has 0 amide bonds. The van der Waals surface area contributed by atoms with Crippen LogP contribution >= 0.6 is 11.6 Å². The lowest BCUT2D eigenvalue weighted by Gasteiger charge is -2.11. The maximum atomic E-state index is 11.8. The zero-order valence-electron chi connectivity index (χ0n) is 9.14. The summed E-state index contributed by atoms with van der Waals surface area (Å²) in [5, 5.41) is 7.90. The number of nitrogens with zero attached hydrogens (tertiary/aromatic N) is 1. The normalized spacial score (nSPS) is 12.8. The topological polar surface area (TPSA) is 96.0 Å². The van der Waals surface area contributed by atoms with Gasteiger partial charge in [-0.25, -0.2) is 8.42 Å². The predicted molar refractivity (Wildman–Crippen MR) is 68.1 cm³/mol. The van der Waals surface area contributed by atoms with Crippen LogP contribution in [0.2, 0.25) is 5.02 Å². The first kappa shape index (κ1) is 13.6. The Hall–Kier alpha value is -1.45. The average molecular weight is 274 g/mol. The van der Waals surface area contributed by atoms with Gasteiger partial charge in [-0.3, -0.25) is 4.72 Å². The maximum absolute atomic E-state index is 11.8. The lowest BCUT2D eigenvalue weighted by atomic mass is 10.3. The van der Waals surface area contributed by atoms with E-state index in [0.29, 0.717) is 5.69 Å². The fourth-order valence-corrected chi connectivity index (χ4v) is 2.56. The second-order valence-corrected chi connectivity index (χ2v) is 5.68. The Morgan fingerprint density at radius 1 is 1.59 bits per heavy atom. The van der Waals surface area contributed by atoms with Crippen LogP contribution in [0.1, 0.15) is 13.3 Å². The van der Waals surface area contributed by atoms with E-state index in [1.807, 2.05) is 0 Å². The lowest BCUT2D eigenvalue weighted by Crippen LogP contribution is -2.25. The minimum atomic E-state index is -3.72. The molecule has 92 valence electrons. The Kier molecular flexibility index (Phi) is 4.21. The van der Waals surface area contributed by atoms with E-state index in [0.717, 1.165) is 0 Å². The fourth-order valence-electron chi connectivity index (χ4n) is 1.21. The first-order chi connectivity index (χ1) is 7.90. The largest absolute Gasteiger partial charge is 0.398 e. The van der Waals surface area contributed by atoms with Crippen molar-refractivity contribution in [2.75, 3.05) is 10.5 Å². The molecule has 1 rings (SSSR count). The quantitative estimate of drug-likeness (QED) is 0.820. The molecule has 1 unspecified atom stereocenters. The van der Waals surface area contributed by atoms with Crippen LogP contribution in [0, 0.1) is 11.3 Å². The summed E-state index contributed by atoms with van der Waals surface area (Å²) >= 11 is 5.77. The molecule has 7 heteroatoms. The van der Waals surface area contributed by atoms with Gasteiger partial charge in [0.15, 0.2) is 5.25 Å². The Balaban J connectivity index is 2.99. The monoisotopic (exact) mass is 273 g/mol. The van der Waals surface area contributed by atoms with E-state index >= 15 is 0 Å². The van der Waals surface area contributed by atoms with Crippen LogP contribution in [0.25, 0.3) is 0 Å². The van der Waals surface area contributed by atoms with Crippen molar-refractivity contribution in [3.05, 3.63) is 23.2 Å². The highest BCUT2D eigenvalue weighted by Crippen LogP contribution is 2.24. The Morgan fingerprint density at radius 3 is 2.71 bits per heavy atom. The number of benzene rings is 1. The Morgan fingerprint density at radius 2 is 2.24 bits per heavy atom. The van der Waals surface area contributed by atoms with Crippen LogP contribution in [0.3, 0.4) is 0 Å². The van der Waals surface area contributed by atoms with E-state index in [-0.39, 0.29) is 17.1 Å². The van der Waals surface area contributed by atoms with Gasteiger partial charge in [0.2, 0.25) is 10.0 Å². The van der Waals surface area contributed by atoms with Crippen LogP contribution < -0.4 is 10.5 Å². The van der Waals surface area contributed by atoms with Crippen molar-refractivity contribution in [1.82, 2.24) is 0 Å². The second-order valence-electron chi connectivity index (χ2n) is 3.41. The van der Waals surface area contributed by atoms with Gasteiger partial charge in [-0.1, -0.05) is 18.5 Å². The van der Waals surface area contributed by atoms with Gasteiger partial charge in [0.05, 0.1) is 22.5 Å². The molecule has 0 radical (unpaired) electrons. The van der Waals surface area contributed by atoms with Gasteiger partial charge in [-0.05, 0) is 24.6 Å². The van der Waals surface area contributed by atoms with E-state index in [9.17, 15) is 8.42 Å². The maximum Gasteiger partial charge on any atom is 0.249 e. The molecule has 0 bridgehead atoms. The van der Waals surface area contributed by atoms with E-state index < -0.39 is 15.3 Å². The minimum Gasteiger partial charge on any atom is -0.398 e. The van der Waals surface area contributed by atoms with Crippen LogP contribution in [0.4, 0.5) is 11.4 Å². The fraction of sp³-hybridized carbons (Fsp3) is 0.300. The first-order valence-corrected chi connectivity index (χ1v) is 6.79. The summed E-state index contributed by atoms with van der Waals surface area (Å²) in [5.74, 6) is 0. The van der Waals surface area contributed by atoms with Crippen LogP contribution in [0.5, 0.6) is 0 Å². The molecule has 1 atom stereocenters. The zero-order chi connectivity index (χ0) is 13.1. The number of anilines is 2. The highest BCUT2D eigenvalue weighted by Gasteiger charge is 2.23. The molecule has 0 aliphatic rings. The molecule has 0 saturated carbocycles. The number of hydrogen-bond acceptors (Lipinski definition) is 4. The highest BCUT2D eigenvalue weighted by molar-refractivity contribution is 7.93. The average Bonchev–Trinajstić information content (AvgIpc) is 2.24. The van der Waals surface area contributed by atoms with Crippen molar-refractivity contribution in [3.8, 4) is 6.07 Å². The summed E-state index contributed by atoms with van der Waals surface area (Å²) in [6.07, 6.45) is 0.217. The standard InChI is InChI=1S/C10H12ClN3O2S/c1-2-8(6-12)17(15,16)14-7-3-4-10(13)9(11)5-7/h3-5,8,14H,2,13H2,1H3. The third-order valence-electron chi connectivity index (χ3n) is 2.15. The summed E-state index contributed by atoms with van der Waals surface area (Å²) in [4.78, 5) is 0. The van der Waals surface area contributed by atoms with Crippen molar-refractivity contribution in [3.63, 3.8) is 0 Å².